The molecule has 0 aliphatic carbocycles. The molecule has 13 heteroatoms. The van der Waals surface area contributed by atoms with Crippen LogP contribution in [0.5, 0.6) is 0 Å². The first-order chi connectivity index (χ1) is 17.1. The molecule has 1 spiro atoms. The smallest absolute Gasteiger partial charge is 0.362 e. The molecular formula is C24H16Cl2F7NO3. The number of carbonyl (C=O) groups is 2. The third-order valence-corrected chi connectivity index (χ3v) is 6.58. The van der Waals surface area contributed by atoms with E-state index in [1.807, 2.05) is 0 Å². The van der Waals surface area contributed by atoms with Crippen LogP contribution in [-0.4, -0.2) is 42.0 Å². The summed E-state index contributed by atoms with van der Waals surface area (Å²) in [5.74, 6) is -2.87. The molecule has 198 valence electrons. The first kappa shape index (κ1) is 27.4. The molecule has 2 aliphatic rings. The molecule has 4 rings (SSSR count). The Balaban J connectivity index is 1.57. The molecule has 0 N–H and O–H groups in total. The van der Waals surface area contributed by atoms with Crippen molar-refractivity contribution in [2.75, 3.05) is 13.1 Å². The van der Waals surface area contributed by atoms with Gasteiger partial charge in [0.05, 0.1) is 36.2 Å². The summed E-state index contributed by atoms with van der Waals surface area (Å²) in [6.07, 6.45) is -11.7. The van der Waals surface area contributed by atoms with Crippen molar-refractivity contribution in [1.29, 1.82) is 0 Å². The van der Waals surface area contributed by atoms with Gasteiger partial charge in [-0.1, -0.05) is 35.3 Å². The number of likely N-dealkylation sites (tertiary alicyclic amines) is 1. The zero-order valence-electron chi connectivity index (χ0n) is 18.6. The Labute approximate surface area is 215 Å². The van der Waals surface area contributed by atoms with Gasteiger partial charge in [0, 0.05) is 5.56 Å². The molecule has 0 unspecified atom stereocenters. The number of ether oxygens (including phenoxy) is 1. The minimum atomic E-state index is -4.70. The summed E-state index contributed by atoms with van der Waals surface area (Å²) in [6, 6.07) is 6.15. The summed E-state index contributed by atoms with van der Waals surface area (Å²) < 4.78 is 96.6. The summed E-state index contributed by atoms with van der Waals surface area (Å²) in [4.78, 5) is 25.7. The molecule has 2 aromatic carbocycles. The average molecular weight is 570 g/mol. The predicted molar refractivity (Wildman–Crippen MR) is 120 cm³/mol. The van der Waals surface area contributed by atoms with E-state index in [2.05, 4.69) is 0 Å². The molecule has 4 nitrogen and oxygen atoms in total. The summed E-state index contributed by atoms with van der Waals surface area (Å²) in [6.45, 7) is -0.187. The molecule has 2 aliphatic heterocycles. The second-order valence-electron chi connectivity index (χ2n) is 8.78. The van der Waals surface area contributed by atoms with Crippen LogP contribution in [0, 0.1) is 5.82 Å². The van der Waals surface area contributed by atoms with E-state index in [4.69, 9.17) is 27.9 Å². The summed E-state index contributed by atoms with van der Waals surface area (Å²) in [5, 5.41) is -1.02. The standard InChI is InChI=1S/C24H16Cl2F7NO3/c25-17-4-13(5-18(26)21(17)27)14(7-23(28,29)30)6-19(35)12-1-2-16-15(3-12)9-37-22(16)10-34(11-22)20(36)8-24(31,32)33/h1-6H,7-11H2/b14-6+. The fourth-order valence-corrected chi connectivity index (χ4v) is 4.82. The van der Waals surface area contributed by atoms with Gasteiger partial charge in [-0.05, 0) is 46.5 Å². The van der Waals surface area contributed by atoms with Crippen LogP contribution in [0.4, 0.5) is 30.7 Å². The number of rotatable bonds is 5. The molecule has 0 radical (unpaired) electrons. The maximum absolute atomic E-state index is 13.7. The monoisotopic (exact) mass is 569 g/mol. The van der Waals surface area contributed by atoms with Crippen LogP contribution in [-0.2, 0) is 21.7 Å². The molecule has 37 heavy (non-hydrogen) atoms. The summed E-state index contributed by atoms with van der Waals surface area (Å²) >= 11 is 11.4. The van der Waals surface area contributed by atoms with Gasteiger partial charge >= 0.3 is 12.4 Å². The van der Waals surface area contributed by atoms with Crippen molar-refractivity contribution in [2.24, 2.45) is 0 Å². The normalized spacial score (nSPS) is 17.1. The molecule has 2 aromatic rings. The Kier molecular flexibility index (Phi) is 7.11. The maximum atomic E-state index is 13.7. The van der Waals surface area contributed by atoms with Gasteiger partial charge in [0.2, 0.25) is 5.91 Å². The number of ketones is 1. The average Bonchev–Trinajstić information content (AvgIpc) is 3.12. The number of carbonyl (C=O) groups excluding carboxylic acids is 2. The van der Waals surface area contributed by atoms with Crippen molar-refractivity contribution < 1.29 is 45.1 Å². The highest BCUT2D eigenvalue weighted by atomic mass is 35.5. The lowest BCUT2D eigenvalue weighted by Gasteiger charge is -2.47. The number of hydrogen-bond donors (Lipinski definition) is 0. The molecule has 0 saturated carbocycles. The van der Waals surface area contributed by atoms with Crippen LogP contribution >= 0.6 is 23.2 Å². The van der Waals surface area contributed by atoms with Crippen LogP contribution in [0.3, 0.4) is 0 Å². The number of alkyl halides is 6. The Morgan fingerprint density at radius 2 is 1.54 bits per heavy atom. The Hall–Kier alpha value is -2.63. The van der Waals surface area contributed by atoms with Gasteiger partial charge in [0.1, 0.15) is 12.0 Å². The van der Waals surface area contributed by atoms with E-state index in [1.165, 1.54) is 18.2 Å². The maximum Gasteiger partial charge on any atom is 0.397 e. The highest BCUT2D eigenvalue weighted by Crippen LogP contribution is 2.44. The highest BCUT2D eigenvalue weighted by molar-refractivity contribution is 6.35. The predicted octanol–water partition coefficient (Wildman–Crippen LogP) is 6.87. The number of fused-ring (bicyclic) bond motifs is 2. The number of amides is 1. The molecule has 2 heterocycles. The zero-order valence-corrected chi connectivity index (χ0v) is 20.1. The summed E-state index contributed by atoms with van der Waals surface area (Å²) in [7, 11) is 0. The van der Waals surface area contributed by atoms with Crippen LogP contribution < -0.4 is 0 Å². The van der Waals surface area contributed by atoms with E-state index < -0.39 is 63.9 Å². The lowest BCUT2D eigenvalue weighted by molar-refractivity contribution is -0.185. The Morgan fingerprint density at radius 3 is 2.11 bits per heavy atom. The summed E-state index contributed by atoms with van der Waals surface area (Å²) in [5.41, 5.74) is -0.528. The molecule has 0 aromatic heterocycles. The number of halogens is 9. The van der Waals surface area contributed by atoms with Gasteiger partial charge in [0.25, 0.3) is 0 Å². The molecule has 1 saturated heterocycles. The first-order valence-corrected chi connectivity index (χ1v) is 11.4. The topological polar surface area (TPSA) is 46.6 Å². The second kappa shape index (κ2) is 9.59. The van der Waals surface area contributed by atoms with Gasteiger partial charge in [-0.2, -0.15) is 26.3 Å². The lowest BCUT2D eigenvalue weighted by atomic mass is 9.84. The number of benzene rings is 2. The zero-order chi connectivity index (χ0) is 27.3. The first-order valence-electron chi connectivity index (χ1n) is 10.7. The number of hydrogen-bond acceptors (Lipinski definition) is 3. The third-order valence-electron chi connectivity index (χ3n) is 6.03. The quantitative estimate of drug-likeness (QED) is 0.171. The SMILES string of the molecule is O=C(/C=C(\CC(F)(F)F)c1cc(Cl)c(F)c(Cl)c1)c1ccc2c(c1)COC21CN(C(=O)CC(F)(F)F)C1. The molecule has 1 fully saturated rings. The van der Waals surface area contributed by atoms with Crippen molar-refractivity contribution in [3.05, 3.63) is 74.5 Å². The fourth-order valence-electron chi connectivity index (χ4n) is 4.33. The van der Waals surface area contributed by atoms with E-state index in [0.717, 1.165) is 23.1 Å². The fraction of sp³-hybridized carbons (Fsp3) is 0.333. The minimum Gasteiger partial charge on any atom is -0.362 e. The van der Waals surface area contributed by atoms with Gasteiger partial charge < -0.3 is 9.64 Å². The minimum absolute atomic E-state index is 0.0000547. The van der Waals surface area contributed by atoms with Crippen LogP contribution in [0.2, 0.25) is 10.0 Å². The third kappa shape index (κ3) is 5.94. The number of allylic oxidation sites excluding steroid dienone is 2. The van der Waals surface area contributed by atoms with Gasteiger partial charge in [0.15, 0.2) is 11.6 Å². The van der Waals surface area contributed by atoms with Crippen LogP contribution in [0.15, 0.2) is 36.4 Å². The van der Waals surface area contributed by atoms with E-state index in [1.54, 1.807) is 0 Å². The Morgan fingerprint density at radius 1 is 0.946 bits per heavy atom. The van der Waals surface area contributed by atoms with E-state index in [9.17, 15) is 40.3 Å². The molecular weight excluding hydrogens is 554 g/mol. The van der Waals surface area contributed by atoms with Crippen molar-refractivity contribution in [3.63, 3.8) is 0 Å². The lowest BCUT2D eigenvalue weighted by Crippen LogP contribution is -2.61. The molecule has 0 atom stereocenters. The van der Waals surface area contributed by atoms with Crippen LogP contribution in [0.25, 0.3) is 5.57 Å². The van der Waals surface area contributed by atoms with Crippen molar-refractivity contribution in [2.45, 2.75) is 37.4 Å². The van der Waals surface area contributed by atoms with E-state index >= 15 is 0 Å². The second-order valence-corrected chi connectivity index (χ2v) is 9.59. The molecule has 0 bridgehead atoms. The van der Waals surface area contributed by atoms with Crippen LogP contribution in [0.1, 0.15) is 39.9 Å². The van der Waals surface area contributed by atoms with Crippen molar-refractivity contribution in [3.8, 4) is 0 Å². The Bertz CT molecular complexity index is 1280. The largest absolute Gasteiger partial charge is 0.397 e. The van der Waals surface area contributed by atoms with E-state index in [-0.39, 0.29) is 30.8 Å². The van der Waals surface area contributed by atoms with Gasteiger partial charge in [-0.25, -0.2) is 4.39 Å². The van der Waals surface area contributed by atoms with E-state index in [0.29, 0.717) is 11.1 Å². The highest BCUT2D eigenvalue weighted by Gasteiger charge is 2.52. The van der Waals surface area contributed by atoms with Crippen molar-refractivity contribution >= 4 is 40.5 Å². The van der Waals surface area contributed by atoms with Crippen molar-refractivity contribution in [1.82, 2.24) is 4.90 Å². The number of nitrogens with zero attached hydrogens (tertiary/aromatic N) is 1. The van der Waals surface area contributed by atoms with Gasteiger partial charge in [-0.15, -0.1) is 0 Å². The van der Waals surface area contributed by atoms with Gasteiger partial charge in [-0.3, -0.25) is 9.59 Å². The molecule has 1 amide bonds.